The molecule has 5 heterocycles. The molecule has 6 aromatic rings. The molecule has 0 radical (unpaired) electrons. The van der Waals surface area contributed by atoms with Gasteiger partial charge in [0.2, 0.25) is 11.8 Å². The number of ether oxygens (including phenoxy) is 4. The van der Waals surface area contributed by atoms with E-state index in [0.717, 1.165) is 155 Å². The highest BCUT2D eigenvalue weighted by atomic mass is 32.1. The molecule has 0 unspecified atom stereocenters. The van der Waals surface area contributed by atoms with Gasteiger partial charge in [0.05, 0.1) is 72.0 Å². The number of benzene rings is 2. The Morgan fingerprint density at radius 1 is 0.856 bits per heavy atom. The van der Waals surface area contributed by atoms with Crippen LogP contribution in [0.3, 0.4) is 0 Å². The minimum atomic E-state index is -0.708. The lowest BCUT2D eigenvalue weighted by Crippen LogP contribution is -2.36. The number of carboxylic acid groups (broad SMARTS) is 1. The van der Waals surface area contributed by atoms with Gasteiger partial charge in [0.1, 0.15) is 33.0 Å². The van der Waals surface area contributed by atoms with Crippen LogP contribution in [-0.4, -0.2) is 124 Å². The summed E-state index contributed by atoms with van der Waals surface area (Å²) in [6.45, 7) is 23.9. The van der Waals surface area contributed by atoms with Gasteiger partial charge in [-0.05, 0) is 182 Å². The maximum atomic E-state index is 13.9. The second-order valence-corrected chi connectivity index (χ2v) is 29.8. The lowest BCUT2D eigenvalue weighted by atomic mass is 9.85. The number of nitrogens with zero attached hydrogens (tertiary/aromatic N) is 5. The molecule has 0 saturated heterocycles. The molecule has 4 aliphatic carbocycles. The molecule has 0 bridgehead atoms. The van der Waals surface area contributed by atoms with Crippen molar-refractivity contribution in [2.24, 2.45) is 46.3 Å². The van der Waals surface area contributed by atoms with E-state index >= 15 is 0 Å². The number of fused-ring (bicyclic) bond motifs is 4. The normalized spacial score (nSPS) is 24.8. The highest BCUT2D eigenvalue weighted by molar-refractivity contribution is 7.13. The highest BCUT2D eigenvalue weighted by Crippen LogP contribution is 2.60. The summed E-state index contributed by atoms with van der Waals surface area (Å²) in [4.78, 5) is 86.0. The van der Waals surface area contributed by atoms with E-state index in [2.05, 4.69) is 87.6 Å². The molecule has 2 aromatic carbocycles. The topological polar surface area (TPSA) is 224 Å². The largest absolute Gasteiger partial charge is 0.496 e. The van der Waals surface area contributed by atoms with Gasteiger partial charge in [-0.25, -0.2) is 15.0 Å². The molecule has 17 nitrogen and oxygen atoms in total. The second-order valence-electron chi connectivity index (χ2n) is 28.1. The van der Waals surface area contributed by atoms with Crippen LogP contribution in [0, 0.1) is 46.3 Å². The van der Waals surface area contributed by atoms with Crippen LogP contribution in [-0.2, 0) is 36.8 Å². The first kappa shape index (κ1) is 74.0. The number of H-pyrrole nitrogens is 1. The number of esters is 1. The lowest BCUT2D eigenvalue weighted by molar-refractivity contribution is -0.150. The van der Waals surface area contributed by atoms with Gasteiger partial charge in [0.15, 0.2) is 5.43 Å². The molecular weight excluding hydrogens is 1260 g/mol. The maximum Gasteiger partial charge on any atom is 0.312 e. The number of amides is 2. The molecule has 0 spiro atoms. The summed E-state index contributed by atoms with van der Waals surface area (Å²) < 4.78 is 23.3. The van der Waals surface area contributed by atoms with Crippen LogP contribution in [0.4, 0.5) is 0 Å². The third-order valence-electron chi connectivity index (χ3n) is 21.1. The Morgan fingerprint density at radius 2 is 1.55 bits per heavy atom. The first-order valence-electron chi connectivity index (χ1n) is 35.4. The van der Waals surface area contributed by atoms with Gasteiger partial charge in [-0.3, -0.25) is 24.0 Å². The average molecular weight is 1370 g/mol. The zero-order valence-corrected chi connectivity index (χ0v) is 60.7. The number of aliphatic carboxylic acids is 1. The first-order valence-corrected chi connectivity index (χ1v) is 37.2. The summed E-state index contributed by atoms with van der Waals surface area (Å²) in [5.74, 6) is 2.56. The Hall–Kier alpha value is -7.22. The van der Waals surface area contributed by atoms with Crippen molar-refractivity contribution in [3.8, 4) is 38.7 Å². The Labute approximate surface area is 581 Å². The number of hydrogen-bond acceptors (Lipinski definition) is 15. The molecule has 3 N–H and O–H groups in total. The van der Waals surface area contributed by atoms with Crippen LogP contribution in [0.25, 0.3) is 43.2 Å². The predicted molar refractivity (Wildman–Crippen MR) is 388 cm³/mol. The quantitative estimate of drug-likeness (QED) is 0.0308. The molecule has 97 heavy (non-hydrogen) atoms. The number of unbranched alkanes of at least 4 members (excludes halogenated alkanes) is 2. The number of rotatable bonds is 23. The van der Waals surface area contributed by atoms with E-state index in [0.29, 0.717) is 75.2 Å². The van der Waals surface area contributed by atoms with E-state index in [-0.39, 0.29) is 64.8 Å². The van der Waals surface area contributed by atoms with Gasteiger partial charge in [0, 0.05) is 83.8 Å². The summed E-state index contributed by atoms with van der Waals surface area (Å²) in [7, 11) is 7.10. The van der Waals surface area contributed by atoms with Gasteiger partial charge in [-0.2, -0.15) is 0 Å². The van der Waals surface area contributed by atoms with Gasteiger partial charge < -0.3 is 43.9 Å². The van der Waals surface area contributed by atoms with Crippen LogP contribution >= 0.6 is 22.7 Å². The van der Waals surface area contributed by atoms with E-state index in [4.69, 9.17) is 28.9 Å². The molecule has 4 aromatic heterocycles. The predicted octanol–water partition coefficient (Wildman–Crippen LogP) is 16.0. The van der Waals surface area contributed by atoms with Crippen molar-refractivity contribution in [2.75, 3.05) is 48.0 Å². The van der Waals surface area contributed by atoms with Crippen LogP contribution in [0.2, 0.25) is 0 Å². The van der Waals surface area contributed by atoms with Gasteiger partial charge >= 0.3 is 11.9 Å². The van der Waals surface area contributed by atoms with E-state index in [1.54, 1.807) is 43.0 Å². The smallest absolute Gasteiger partial charge is 0.312 e. The monoisotopic (exact) mass is 1360 g/mol. The van der Waals surface area contributed by atoms with Crippen LogP contribution in [0.15, 0.2) is 89.4 Å². The molecule has 5 aliphatic rings. The van der Waals surface area contributed by atoms with Gasteiger partial charge in [-0.15, -0.1) is 35.8 Å². The van der Waals surface area contributed by atoms with Gasteiger partial charge in [-0.1, -0.05) is 65.8 Å². The third-order valence-corrected chi connectivity index (χ3v) is 22.9. The number of nitrogens with one attached hydrogen (secondary N) is 1. The number of carbonyl (C=O) groups is 4. The zero-order valence-electron chi connectivity index (χ0n) is 59.1. The number of methoxy groups -OCH3 is 2. The molecular formula is C78H104N6O11S2. The lowest BCUT2D eigenvalue weighted by Gasteiger charge is -2.26. The number of aromatic amines is 1. The Bertz CT molecular complexity index is 3850. The molecule has 4 fully saturated rings. The minimum Gasteiger partial charge on any atom is -0.496 e. The van der Waals surface area contributed by atoms with Crippen molar-refractivity contribution in [3.05, 3.63) is 117 Å². The summed E-state index contributed by atoms with van der Waals surface area (Å²) in [5.41, 5.74) is 6.20. The van der Waals surface area contributed by atoms with Crippen molar-refractivity contribution < 1.29 is 48.3 Å². The molecule has 10 atom stereocenters. The van der Waals surface area contributed by atoms with Crippen molar-refractivity contribution >= 4 is 68.2 Å². The number of carboxylic acids is 1. The molecule has 19 heteroatoms. The highest BCUT2D eigenvalue weighted by Gasteiger charge is 2.60. The summed E-state index contributed by atoms with van der Waals surface area (Å²) in [6.07, 6.45) is 21.5. The van der Waals surface area contributed by atoms with Crippen molar-refractivity contribution in [3.63, 3.8) is 0 Å². The molecule has 1 aliphatic heterocycles. The van der Waals surface area contributed by atoms with Crippen LogP contribution in [0.5, 0.6) is 17.2 Å². The fourth-order valence-electron chi connectivity index (χ4n) is 15.0. The van der Waals surface area contributed by atoms with E-state index in [1.165, 1.54) is 0 Å². The third kappa shape index (κ3) is 16.9. The Balaban J connectivity index is 0.000000185. The van der Waals surface area contributed by atoms with Crippen molar-refractivity contribution in [2.45, 2.75) is 188 Å². The number of allylic oxidation sites excluding steroid dienone is 4. The molecule has 2 amide bonds. The number of aliphatic hydroxyl groups is 1. The number of aryl methyl sites for hydroxylation is 2. The SMILES string of the molecule is C=CCCCCN(C)C(=O)[C@@H]1C[C@@H](O)C[C@H]1CC[C@]1(C(=O)OCC)C[C@H]1C=C.CCc1c(OC)ccc2c(=O)cc(-c3nc(C(C)C)cs3)[nH]c12.CCc1c(OC)ccc2c(O[C@@H]3C[C@H]4CC[C@]5(C(=O)O)C[C@H]5/C=C\CCCCN(C)C(=O)[C@@H]4C3)cc(-c3nc(C(C)C)cs3)nc12. The number of thiazole rings is 2. The molecule has 4 saturated carbocycles. The van der Waals surface area contributed by atoms with E-state index in [1.807, 2.05) is 73.3 Å². The minimum absolute atomic E-state index is 0.00685. The van der Waals surface area contributed by atoms with Crippen LogP contribution < -0.4 is 19.6 Å². The summed E-state index contributed by atoms with van der Waals surface area (Å²) >= 11 is 3.15. The fraction of sp³-hybridized carbons (Fsp3) is 0.564. The number of carbonyl (C=O) groups excluding carboxylic acids is 3. The van der Waals surface area contributed by atoms with Gasteiger partial charge in [0.25, 0.3) is 0 Å². The maximum absolute atomic E-state index is 13.9. The number of aromatic nitrogens is 4. The summed E-state index contributed by atoms with van der Waals surface area (Å²) in [6, 6.07) is 11.3. The Kier molecular flexibility index (Phi) is 25.2. The Morgan fingerprint density at radius 3 is 2.19 bits per heavy atom. The zero-order chi connectivity index (χ0) is 69.9. The van der Waals surface area contributed by atoms with Crippen LogP contribution in [0.1, 0.15) is 186 Å². The fourth-order valence-corrected chi connectivity index (χ4v) is 16.9. The molecule has 11 rings (SSSR count). The van der Waals surface area contributed by atoms with E-state index in [9.17, 15) is 34.2 Å². The number of pyridine rings is 2. The van der Waals surface area contributed by atoms with Crippen molar-refractivity contribution in [1.29, 1.82) is 0 Å². The van der Waals surface area contributed by atoms with Crippen molar-refractivity contribution in [1.82, 2.24) is 29.7 Å². The number of hydrogen-bond donors (Lipinski definition) is 3. The second kappa shape index (κ2) is 33.1. The first-order chi connectivity index (χ1) is 46.6. The average Bonchev–Trinajstić information content (AvgIpc) is 1.62. The number of aliphatic hydroxyl groups excluding tert-OH is 1. The van der Waals surface area contributed by atoms with E-state index < -0.39 is 22.9 Å². The molecule has 524 valence electrons. The standard InChI is InChI=1S/C37H47N3O5S.C23H37NO4.C18H20N2O2S/c1-6-26-31(44-5)13-12-27-32(19-29(38-33(26)27)34-39-30(21-46-34)22(2)3)45-25-17-23-14-15-37(36(42)43)20-24(37)11-9-7-8-10-16-40(4)35(41)28(23)18-25;1-5-8-9-10-13-24(4)21(26)20-15-19(25)14-17(20)11-12-23(16-18(23)6-2)22(27)28-7-3;1-5-11-16(22-4)7-6-12-15(21)8-13(19-17(11)12)18-20-14(9-23-18)10(2)3/h9,11-13,19,21-25,28H,6-8,10,14-18,20H2,1-5H3,(H,42,43);5-6,17-20,25H,1-2,7-16H2,3-4H3;6-10H,5H2,1-4H3,(H,19,21)/b11-9-;;/t23-,24-,25-,28-,37+;17-,18-,19+,20-,23+;/m11./s1. The summed E-state index contributed by atoms with van der Waals surface area (Å²) in [5, 5.41) is 27.8.